The number of nitrogens with zero attached hydrogens (tertiary/aromatic N) is 2. The Balaban J connectivity index is 1.53. The molecule has 0 spiro atoms. The largest absolute Gasteiger partial charge is 0.455 e. The van der Waals surface area contributed by atoms with E-state index in [2.05, 4.69) is 15.5 Å². The standard InChI is InChI=1S/C17H18N4O4S2/c1-11-15(27(23,24)21-6-2-3-7-21)10-13(25-11)17(22)18-16-9-12(19-20-16)14-5-4-8-26-14/h4-5,8-10H,2-3,6-7H2,1H3,(H2,18,19,20,22). The number of hydrogen-bond acceptors (Lipinski definition) is 6. The van der Waals surface area contributed by atoms with Gasteiger partial charge in [0, 0.05) is 25.2 Å². The number of aryl methyl sites for hydroxylation is 1. The second-order valence-electron chi connectivity index (χ2n) is 6.24. The zero-order chi connectivity index (χ0) is 19.0. The number of hydrogen-bond donors (Lipinski definition) is 2. The van der Waals surface area contributed by atoms with Gasteiger partial charge in [0.25, 0.3) is 5.91 Å². The normalized spacial score (nSPS) is 15.3. The third-order valence-corrected chi connectivity index (χ3v) is 7.29. The van der Waals surface area contributed by atoms with Gasteiger partial charge in [-0.25, -0.2) is 8.42 Å². The molecule has 27 heavy (non-hydrogen) atoms. The molecule has 0 bridgehead atoms. The molecule has 142 valence electrons. The van der Waals surface area contributed by atoms with Crippen molar-refractivity contribution in [3.05, 3.63) is 41.2 Å². The SMILES string of the molecule is Cc1oc(C(=O)Nc2cc(-c3cccs3)[nH]n2)cc1S(=O)(=O)N1CCCC1. The molecule has 4 rings (SSSR count). The van der Waals surface area contributed by atoms with Crippen LogP contribution >= 0.6 is 11.3 Å². The van der Waals surface area contributed by atoms with Crippen molar-refractivity contribution in [3.63, 3.8) is 0 Å². The molecule has 0 aliphatic carbocycles. The number of thiophene rings is 1. The predicted molar refractivity (Wildman–Crippen MR) is 101 cm³/mol. The van der Waals surface area contributed by atoms with Crippen LogP contribution in [0.5, 0.6) is 0 Å². The van der Waals surface area contributed by atoms with Crippen molar-refractivity contribution in [2.75, 3.05) is 18.4 Å². The molecule has 1 aliphatic rings. The number of sulfonamides is 1. The van der Waals surface area contributed by atoms with Gasteiger partial charge in [-0.15, -0.1) is 11.3 Å². The van der Waals surface area contributed by atoms with Crippen molar-refractivity contribution < 1.29 is 17.6 Å². The summed E-state index contributed by atoms with van der Waals surface area (Å²) in [4.78, 5) is 13.5. The van der Waals surface area contributed by atoms with Crippen LogP contribution in [0.2, 0.25) is 0 Å². The van der Waals surface area contributed by atoms with E-state index in [4.69, 9.17) is 4.42 Å². The number of H-pyrrole nitrogens is 1. The fourth-order valence-electron chi connectivity index (χ4n) is 3.02. The Labute approximate surface area is 160 Å². The van der Waals surface area contributed by atoms with Crippen molar-refractivity contribution in [1.29, 1.82) is 0 Å². The van der Waals surface area contributed by atoms with Crippen LogP contribution in [0.4, 0.5) is 5.82 Å². The lowest BCUT2D eigenvalue weighted by atomic mass is 10.3. The van der Waals surface area contributed by atoms with Gasteiger partial charge in [-0.05, 0) is 31.2 Å². The summed E-state index contributed by atoms with van der Waals surface area (Å²) in [6.45, 7) is 2.53. The molecule has 1 fully saturated rings. The molecule has 2 N–H and O–H groups in total. The number of anilines is 1. The smallest absolute Gasteiger partial charge is 0.292 e. The molecule has 3 aromatic rings. The van der Waals surface area contributed by atoms with Gasteiger partial charge in [-0.2, -0.15) is 9.40 Å². The Hall–Kier alpha value is -2.43. The number of aromatic nitrogens is 2. The highest BCUT2D eigenvalue weighted by atomic mass is 32.2. The molecule has 10 heteroatoms. The lowest BCUT2D eigenvalue weighted by Crippen LogP contribution is -2.28. The summed E-state index contributed by atoms with van der Waals surface area (Å²) in [6, 6.07) is 6.86. The number of rotatable bonds is 5. The maximum Gasteiger partial charge on any atom is 0.292 e. The van der Waals surface area contributed by atoms with E-state index in [9.17, 15) is 13.2 Å². The van der Waals surface area contributed by atoms with Gasteiger partial charge >= 0.3 is 0 Å². The molecule has 1 amide bonds. The van der Waals surface area contributed by atoms with Gasteiger partial charge in [-0.1, -0.05) is 6.07 Å². The van der Waals surface area contributed by atoms with E-state index in [0.29, 0.717) is 18.9 Å². The number of carbonyl (C=O) groups is 1. The Bertz CT molecular complexity index is 1060. The van der Waals surface area contributed by atoms with Crippen LogP contribution in [-0.2, 0) is 10.0 Å². The molecule has 8 nitrogen and oxygen atoms in total. The average Bonchev–Trinajstić information content (AvgIpc) is 3.40. The quantitative estimate of drug-likeness (QED) is 0.677. The van der Waals surface area contributed by atoms with Gasteiger partial charge in [0.2, 0.25) is 10.0 Å². The third-order valence-electron chi connectivity index (χ3n) is 4.38. The third kappa shape index (κ3) is 3.43. The molecule has 1 aliphatic heterocycles. The zero-order valence-corrected chi connectivity index (χ0v) is 16.2. The van der Waals surface area contributed by atoms with E-state index in [0.717, 1.165) is 23.4 Å². The fraction of sp³-hybridized carbons (Fsp3) is 0.294. The number of nitrogens with one attached hydrogen (secondary N) is 2. The summed E-state index contributed by atoms with van der Waals surface area (Å²) in [5, 5.41) is 11.5. The second kappa shape index (κ2) is 6.95. The van der Waals surface area contributed by atoms with Crippen LogP contribution in [0.25, 0.3) is 10.6 Å². The first kappa shape index (κ1) is 18.0. The van der Waals surface area contributed by atoms with E-state index in [-0.39, 0.29) is 16.4 Å². The summed E-state index contributed by atoms with van der Waals surface area (Å²) in [5.74, 6) is -0.0779. The number of amides is 1. The maximum atomic E-state index is 12.7. The van der Waals surface area contributed by atoms with Crippen LogP contribution in [0.1, 0.15) is 29.2 Å². The molecular formula is C17H18N4O4S2. The van der Waals surface area contributed by atoms with E-state index >= 15 is 0 Å². The minimum Gasteiger partial charge on any atom is -0.455 e. The van der Waals surface area contributed by atoms with E-state index < -0.39 is 15.9 Å². The van der Waals surface area contributed by atoms with Gasteiger partial charge in [0.05, 0.1) is 10.6 Å². The highest BCUT2D eigenvalue weighted by molar-refractivity contribution is 7.89. The van der Waals surface area contributed by atoms with Crippen LogP contribution in [-0.4, -0.2) is 41.9 Å². The van der Waals surface area contributed by atoms with E-state index in [1.54, 1.807) is 24.3 Å². The van der Waals surface area contributed by atoms with E-state index in [1.807, 2.05) is 17.5 Å². The summed E-state index contributed by atoms with van der Waals surface area (Å²) < 4.78 is 32.2. The minimum absolute atomic E-state index is 0.0378. The second-order valence-corrected chi connectivity index (χ2v) is 9.09. The number of furan rings is 1. The predicted octanol–water partition coefficient (Wildman–Crippen LogP) is 3.08. The molecule has 0 saturated carbocycles. The molecule has 1 saturated heterocycles. The number of aromatic amines is 1. The molecule has 0 unspecified atom stereocenters. The summed E-state index contributed by atoms with van der Waals surface area (Å²) in [7, 11) is -3.64. The maximum absolute atomic E-state index is 12.7. The first-order valence-corrected chi connectivity index (χ1v) is 10.8. The van der Waals surface area contributed by atoms with Crippen molar-refractivity contribution in [1.82, 2.24) is 14.5 Å². The van der Waals surface area contributed by atoms with Crippen LogP contribution in [0.15, 0.2) is 39.0 Å². The van der Waals surface area contributed by atoms with Gasteiger partial charge in [-0.3, -0.25) is 9.89 Å². The first-order chi connectivity index (χ1) is 12.9. The topological polar surface area (TPSA) is 108 Å². The molecule has 3 aromatic heterocycles. The molecule has 0 aromatic carbocycles. The summed E-state index contributed by atoms with van der Waals surface area (Å²) >= 11 is 1.55. The Morgan fingerprint density at radius 1 is 1.33 bits per heavy atom. The first-order valence-electron chi connectivity index (χ1n) is 8.46. The summed E-state index contributed by atoms with van der Waals surface area (Å²) in [5.41, 5.74) is 0.785. The molecule has 0 radical (unpaired) electrons. The Morgan fingerprint density at radius 2 is 2.11 bits per heavy atom. The zero-order valence-electron chi connectivity index (χ0n) is 14.6. The minimum atomic E-state index is -3.64. The molecular weight excluding hydrogens is 388 g/mol. The highest BCUT2D eigenvalue weighted by Gasteiger charge is 2.31. The van der Waals surface area contributed by atoms with Gasteiger partial charge < -0.3 is 9.73 Å². The molecule has 4 heterocycles. The average molecular weight is 406 g/mol. The van der Waals surface area contributed by atoms with Crippen LogP contribution in [0, 0.1) is 6.92 Å². The monoisotopic (exact) mass is 406 g/mol. The fourth-order valence-corrected chi connectivity index (χ4v) is 5.39. The van der Waals surface area contributed by atoms with Crippen molar-refractivity contribution >= 4 is 33.1 Å². The summed E-state index contributed by atoms with van der Waals surface area (Å²) in [6.07, 6.45) is 1.68. The lowest BCUT2D eigenvalue weighted by molar-refractivity contribution is 0.0995. The highest BCUT2D eigenvalue weighted by Crippen LogP contribution is 2.27. The Kier molecular flexibility index (Phi) is 4.62. The van der Waals surface area contributed by atoms with Crippen molar-refractivity contribution in [2.45, 2.75) is 24.7 Å². The lowest BCUT2D eigenvalue weighted by Gasteiger charge is -2.14. The van der Waals surface area contributed by atoms with E-state index in [1.165, 1.54) is 10.4 Å². The van der Waals surface area contributed by atoms with Crippen molar-refractivity contribution in [2.24, 2.45) is 0 Å². The number of carbonyl (C=O) groups excluding carboxylic acids is 1. The van der Waals surface area contributed by atoms with Crippen molar-refractivity contribution in [3.8, 4) is 10.6 Å². The Morgan fingerprint density at radius 3 is 2.81 bits per heavy atom. The van der Waals surface area contributed by atoms with Gasteiger partial charge in [0.15, 0.2) is 11.6 Å². The van der Waals surface area contributed by atoms with Crippen LogP contribution < -0.4 is 5.32 Å². The molecule has 0 atom stereocenters. The van der Waals surface area contributed by atoms with Gasteiger partial charge in [0.1, 0.15) is 10.7 Å². The van der Waals surface area contributed by atoms with Crippen LogP contribution in [0.3, 0.4) is 0 Å².